The molecule has 1 amide bonds. The van der Waals surface area contributed by atoms with Crippen LogP contribution in [-0.2, 0) is 11.2 Å². The monoisotopic (exact) mass is 381 g/mol. The Morgan fingerprint density at radius 2 is 2.07 bits per heavy atom. The normalized spacial score (nSPS) is 20.8. The van der Waals surface area contributed by atoms with Crippen molar-refractivity contribution in [2.45, 2.75) is 44.6 Å². The quantitative estimate of drug-likeness (QED) is 0.551. The van der Waals surface area contributed by atoms with E-state index in [1.165, 1.54) is 29.3 Å². The first-order valence-electron chi connectivity index (χ1n) is 10.6. The number of amides is 1. The fraction of sp³-hybridized carbons (Fsp3) is 0.545. The molecule has 1 atom stereocenters. The number of carbonyl (C=O) groups is 1. The first-order valence-corrected chi connectivity index (χ1v) is 10.6. The third-order valence-corrected chi connectivity index (χ3v) is 6.13. The summed E-state index contributed by atoms with van der Waals surface area (Å²) in [6, 6.07) is 8.67. The molecule has 4 rings (SSSR count). The Balaban J connectivity index is 1.24. The van der Waals surface area contributed by atoms with E-state index in [0.717, 1.165) is 51.3 Å². The molecule has 2 fully saturated rings. The number of likely N-dealkylation sites (tertiary alicyclic amines) is 1. The standard InChI is InChI=1S/C22H31N5O/c1-23-22(24-12-10-17-14-25-20-9-5-4-8-19(17)20)26-18-11-13-27(15-18)21(28)16-6-2-3-7-16/h4-5,8-9,14,16,18,25H,2-3,6-7,10-13,15H2,1H3,(H2,23,24,26). The smallest absolute Gasteiger partial charge is 0.225 e. The summed E-state index contributed by atoms with van der Waals surface area (Å²) in [5.41, 5.74) is 2.49. The first kappa shape index (κ1) is 18.8. The number of aliphatic imine (C=N–C) groups is 1. The topological polar surface area (TPSA) is 72.5 Å². The minimum absolute atomic E-state index is 0.271. The molecule has 28 heavy (non-hydrogen) atoms. The first-order chi connectivity index (χ1) is 13.7. The largest absolute Gasteiger partial charge is 0.361 e. The molecule has 1 aliphatic heterocycles. The molecule has 1 saturated heterocycles. The number of hydrogen-bond donors (Lipinski definition) is 3. The zero-order valence-electron chi connectivity index (χ0n) is 16.7. The lowest BCUT2D eigenvalue weighted by atomic mass is 10.1. The van der Waals surface area contributed by atoms with Crippen LogP contribution in [0.1, 0.15) is 37.7 Å². The van der Waals surface area contributed by atoms with Crippen LogP contribution in [0.25, 0.3) is 10.9 Å². The highest BCUT2D eigenvalue weighted by Gasteiger charge is 2.32. The molecule has 1 unspecified atom stereocenters. The number of aromatic amines is 1. The number of carbonyl (C=O) groups excluding carboxylic acids is 1. The second-order valence-electron chi connectivity index (χ2n) is 8.00. The highest BCUT2D eigenvalue weighted by molar-refractivity contribution is 5.83. The van der Waals surface area contributed by atoms with Crippen molar-refractivity contribution in [1.29, 1.82) is 0 Å². The summed E-state index contributed by atoms with van der Waals surface area (Å²) in [4.78, 5) is 22.3. The van der Waals surface area contributed by atoms with Crippen LogP contribution in [0.2, 0.25) is 0 Å². The van der Waals surface area contributed by atoms with Gasteiger partial charge in [-0.3, -0.25) is 9.79 Å². The van der Waals surface area contributed by atoms with Gasteiger partial charge in [-0.2, -0.15) is 0 Å². The summed E-state index contributed by atoms with van der Waals surface area (Å²) < 4.78 is 0. The van der Waals surface area contributed by atoms with E-state index >= 15 is 0 Å². The number of hydrogen-bond acceptors (Lipinski definition) is 2. The summed E-state index contributed by atoms with van der Waals surface area (Å²) in [5, 5.41) is 8.20. The lowest BCUT2D eigenvalue weighted by Crippen LogP contribution is -2.45. The Labute approximate surface area is 166 Å². The number of H-pyrrole nitrogens is 1. The summed E-state index contributed by atoms with van der Waals surface area (Å²) >= 11 is 0. The van der Waals surface area contributed by atoms with Gasteiger partial charge in [0.2, 0.25) is 5.91 Å². The number of guanidine groups is 1. The van der Waals surface area contributed by atoms with E-state index in [9.17, 15) is 4.79 Å². The molecule has 1 aromatic heterocycles. The van der Waals surface area contributed by atoms with E-state index in [1.54, 1.807) is 7.05 Å². The highest BCUT2D eigenvalue weighted by Crippen LogP contribution is 2.27. The average molecular weight is 382 g/mol. The van der Waals surface area contributed by atoms with E-state index in [-0.39, 0.29) is 12.0 Å². The van der Waals surface area contributed by atoms with Crippen LogP contribution in [0.15, 0.2) is 35.5 Å². The summed E-state index contributed by atoms with van der Waals surface area (Å²) in [6.45, 7) is 2.47. The van der Waals surface area contributed by atoms with E-state index in [2.05, 4.69) is 51.1 Å². The SMILES string of the molecule is CN=C(NCCc1c[nH]c2ccccc12)NC1CCN(C(=O)C2CCCC2)C1. The maximum Gasteiger partial charge on any atom is 0.225 e. The zero-order valence-corrected chi connectivity index (χ0v) is 16.7. The number of nitrogens with one attached hydrogen (secondary N) is 3. The molecule has 1 aromatic carbocycles. The molecule has 6 heteroatoms. The van der Waals surface area contributed by atoms with E-state index in [4.69, 9.17) is 0 Å². The van der Waals surface area contributed by atoms with Gasteiger partial charge in [0.05, 0.1) is 0 Å². The number of fused-ring (bicyclic) bond motifs is 1. The molecule has 2 heterocycles. The van der Waals surface area contributed by atoms with Crippen molar-refractivity contribution in [2.75, 3.05) is 26.7 Å². The van der Waals surface area contributed by atoms with Crippen LogP contribution in [0.3, 0.4) is 0 Å². The van der Waals surface area contributed by atoms with Crippen molar-refractivity contribution in [1.82, 2.24) is 20.5 Å². The Bertz CT molecular complexity index is 836. The molecule has 2 aliphatic rings. The lowest BCUT2D eigenvalue weighted by molar-refractivity contribution is -0.134. The van der Waals surface area contributed by atoms with Crippen LogP contribution < -0.4 is 10.6 Å². The van der Waals surface area contributed by atoms with Crippen LogP contribution in [-0.4, -0.2) is 54.5 Å². The number of rotatable bonds is 5. The van der Waals surface area contributed by atoms with Gasteiger partial charge in [0.25, 0.3) is 0 Å². The van der Waals surface area contributed by atoms with E-state index in [0.29, 0.717) is 5.91 Å². The third kappa shape index (κ3) is 4.16. The molecule has 1 saturated carbocycles. The molecular weight excluding hydrogens is 350 g/mol. The summed E-state index contributed by atoms with van der Waals surface area (Å²) in [5.74, 6) is 1.46. The van der Waals surface area contributed by atoms with Crippen molar-refractivity contribution < 1.29 is 4.79 Å². The lowest BCUT2D eigenvalue weighted by Gasteiger charge is -2.21. The summed E-state index contributed by atoms with van der Waals surface area (Å²) in [6.07, 6.45) is 8.57. The summed E-state index contributed by atoms with van der Waals surface area (Å²) in [7, 11) is 1.80. The van der Waals surface area contributed by atoms with Gasteiger partial charge in [-0.1, -0.05) is 31.0 Å². The van der Waals surface area contributed by atoms with Crippen LogP contribution in [0.5, 0.6) is 0 Å². The molecule has 2 aromatic rings. The van der Waals surface area contributed by atoms with Gasteiger partial charge >= 0.3 is 0 Å². The predicted octanol–water partition coefficient (Wildman–Crippen LogP) is 2.67. The molecule has 0 bridgehead atoms. The zero-order chi connectivity index (χ0) is 19.3. The van der Waals surface area contributed by atoms with E-state index < -0.39 is 0 Å². The molecule has 0 radical (unpaired) electrons. The van der Waals surface area contributed by atoms with Gasteiger partial charge in [0, 0.05) is 55.7 Å². The van der Waals surface area contributed by atoms with Gasteiger partial charge < -0.3 is 20.5 Å². The minimum atomic E-state index is 0.271. The second kappa shape index (κ2) is 8.67. The molecule has 150 valence electrons. The maximum absolute atomic E-state index is 12.6. The van der Waals surface area contributed by atoms with Gasteiger partial charge in [0.1, 0.15) is 0 Å². The van der Waals surface area contributed by atoms with Gasteiger partial charge in [-0.15, -0.1) is 0 Å². The van der Waals surface area contributed by atoms with Crippen molar-refractivity contribution in [3.05, 3.63) is 36.0 Å². The van der Waals surface area contributed by atoms with Crippen molar-refractivity contribution in [3.63, 3.8) is 0 Å². The van der Waals surface area contributed by atoms with Crippen LogP contribution >= 0.6 is 0 Å². The average Bonchev–Trinajstić information content (AvgIpc) is 3.48. The Morgan fingerprint density at radius 3 is 2.89 bits per heavy atom. The van der Waals surface area contributed by atoms with Crippen molar-refractivity contribution in [2.24, 2.45) is 10.9 Å². The molecule has 0 spiro atoms. The van der Waals surface area contributed by atoms with Crippen molar-refractivity contribution in [3.8, 4) is 0 Å². The Hall–Kier alpha value is -2.50. The predicted molar refractivity (Wildman–Crippen MR) is 113 cm³/mol. The maximum atomic E-state index is 12.6. The Kier molecular flexibility index (Phi) is 5.84. The number of nitrogens with zero attached hydrogens (tertiary/aromatic N) is 2. The van der Waals surface area contributed by atoms with E-state index in [1.807, 2.05) is 4.90 Å². The van der Waals surface area contributed by atoms with Gasteiger partial charge in [-0.25, -0.2) is 0 Å². The molecule has 6 nitrogen and oxygen atoms in total. The van der Waals surface area contributed by atoms with Crippen LogP contribution in [0, 0.1) is 5.92 Å². The molecule has 1 aliphatic carbocycles. The number of para-hydroxylation sites is 1. The van der Waals surface area contributed by atoms with Gasteiger partial charge in [-0.05, 0) is 37.3 Å². The minimum Gasteiger partial charge on any atom is -0.361 e. The molecule has 3 N–H and O–H groups in total. The van der Waals surface area contributed by atoms with Gasteiger partial charge in [0.15, 0.2) is 5.96 Å². The fourth-order valence-corrected chi connectivity index (χ4v) is 4.55. The second-order valence-corrected chi connectivity index (χ2v) is 8.00. The highest BCUT2D eigenvalue weighted by atomic mass is 16.2. The Morgan fingerprint density at radius 1 is 1.25 bits per heavy atom. The number of benzene rings is 1. The third-order valence-electron chi connectivity index (χ3n) is 6.13. The van der Waals surface area contributed by atoms with Crippen molar-refractivity contribution >= 4 is 22.8 Å². The fourth-order valence-electron chi connectivity index (χ4n) is 4.55. The number of aromatic nitrogens is 1. The van der Waals surface area contributed by atoms with Crippen LogP contribution in [0.4, 0.5) is 0 Å². The molecular formula is C22H31N5O.